The molecule has 0 fully saturated rings. The second kappa shape index (κ2) is 8.67. The van der Waals surface area contributed by atoms with E-state index in [0.717, 1.165) is 11.1 Å². The van der Waals surface area contributed by atoms with Gasteiger partial charge in [-0.15, -0.1) is 0 Å². The van der Waals surface area contributed by atoms with E-state index >= 15 is 0 Å². The molecule has 1 heterocycles. The predicted octanol–water partition coefficient (Wildman–Crippen LogP) is 3.45. The highest BCUT2D eigenvalue weighted by Gasteiger charge is 2.29. The van der Waals surface area contributed by atoms with Crippen LogP contribution in [0.15, 0.2) is 88.5 Å². The van der Waals surface area contributed by atoms with E-state index in [0.29, 0.717) is 29.7 Å². The molecule has 0 saturated carbocycles. The number of amides is 1. The van der Waals surface area contributed by atoms with E-state index in [9.17, 15) is 14.4 Å². The highest BCUT2D eigenvalue weighted by molar-refractivity contribution is 5.97. The molecule has 32 heavy (non-hydrogen) atoms. The van der Waals surface area contributed by atoms with Crippen molar-refractivity contribution in [2.75, 3.05) is 6.54 Å². The molecule has 4 rings (SSSR count). The number of aryl methyl sites for hydroxylation is 1. The normalized spacial score (nSPS) is 11.4. The van der Waals surface area contributed by atoms with Crippen molar-refractivity contribution in [3.8, 4) is 0 Å². The first-order valence-corrected chi connectivity index (χ1v) is 10.6. The molecule has 0 spiro atoms. The van der Waals surface area contributed by atoms with Crippen LogP contribution in [0.1, 0.15) is 35.3 Å². The fourth-order valence-electron chi connectivity index (χ4n) is 4.08. The van der Waals surface area contributed by atoms with Crippen molar-refractivity contribution in [2.24, 2.45) is 0 Å². The Hall–Kier alpha value is -3.93. The van der Waals surface area contributed by atoms with Crippen LogP contribution in [0.3, 0.4) is 0 Å². The molecule has 6 heteroatoms. The molecule has 2 N–H and O–H groups in total. The quantitative estimate of drug-likeness (QED) is 0.462. The molecule has 1 amide bonds. The Bertz CT molecular complexity index is 1330. The monoisotopic (exact) mass is 427 g/mol. The largest absolute Gasteiger partial charge is 0.351 e. The van der Waals surface area contributed by atoms with E-state index in [4.69, 9.17) is 0 Å². The Morgan fingerprint density at radius 2 is 1.53 bits per heavy atom. The number of H-pyrrole nitrogens is 1. The Kier molecular flexibility index (Phi) is 5.77. The van der Waals surface area contributed by atoms with E-state index in [1.54, 1.807) is 25.1 Å². The zero-order valence-corrected chi connectivity index (χ0v) is 18.1. The van der Waals surface area contributed by atoms with Gasteiger partial charge >= 0.3 is 11.1 Å². The van der Waals surface area contributed by atoms with Gasteiger partial charge in [-0.25, -0.2) is 0 Å². The van der Waals surface area contributed by atoms with Crippen LogP contribution >= 0.6 is 0 Å². The Morgan fingerprint density at radius 1 is 0.938 bits per heavy atom. The van der Waals surface area contributed by atoms with Crippen LogP contribution in [0.5, 0.6) is 0 Å². The van der Waals surface area contributed by atoms with Gasteiger partial charge in [0, 0.05) is 24.1 Å². The van der Waals surface area contributed by atoms with Crippen molar-refractivity contribution in [1.29, 1.82) is 0 Å². The van der Waals surface area contributed by atoms with Crippen molar-refractivity contribution in [3.63, 3.8) is 0 Å². The number of nitrogens with one attached hydrogen (secondary N) is 2. The van der Waals surface area contributed by atoms with Crippen LogP contribution in [-0.4, -0.2) is 22.0 Å². The zero-order chi connectivity index (χ0) is 22.7. The summed E-state index contributed by atoms with van der Waals surface area (Å²) in [6, 6.07) is 25.1. The number of nitrogens with zero attached hydrogens (tertiary/aromatic N) is 1. The molecule has 0 atom stereocenters. The molecule has 0 bridgehead atoms. The first-order chi connectivity index (χ1) is 15.4. The Labute approximate surface area is 185 Å². The fraction of sp³-hybridized carbons (Fsp3) is 0.192. The highest BCUT2D eigenvalue weighted by Crippen LogP contribution is 2.31. The summed E-state index contributed by atoms with van der Waals surface area (Å²) in [5, 5.41) is 3.06. The maximum absolute atomic E-state index is 13.0. The minimum atomic E-state index is -0.697. The minimum Gasteiger partial charge on any atom is -0.351 e. The van der Waals surface area contributed by atoms with Gasteiger partial charge in [0.15, 0.2) is 0 Å². The summed E-state index contributed by atoms with van der Waals surface area (Å²) in [6.07, 6.45) is 0. The summed E-state index contributed by atoms with van der Waals surface area (Å²) >= 11 is 0. The number of carbonyl (C=O) groups is 1. The standard InChI is InChI=1S/C26H25N3O3/c1-3-29-22-15-14-18(16-21(22)28-24(31)25(29)32)23(30)27-17-26(2,19-10-6-4-7-11-19)20-12-8-5-9-13-20/h4-16H,3,17H2,1-2H3,(H,27,30)(H,28,31). The molecular formula is C26H25N3O3. The number of hydrogen-bond acceptors (Lipinski definition) is 3. The number of carbonyl (C=O) groups excluding carboxylic acids is 1. The molecule has 0 saturated heterocycles. The average Bonchev–Trinajstić information content (AvgIpc) is 2.84. The van der Waals surface area contributed by atoms with Gasteiger partial charge in [-0.2, -0.15) is 0 Å². The molecule has 1 aromatic heterocycles. The van der Waals surface area contributed by atoms with Gasteiger partial charge in [-0.05, 0) is 43.2 Å². The lowest BCUT2D eigenvalue weighted by molar-refractivity contribution is 0.0947. The summed E-state index contributed by atoms with van der Waals surface area (Å²) in [5.41, 5.74) is 1.94. The molecule has 0 aliphatic heterocycles. The molecule has 3 aromatic carbocycles. The van der Waals surface area contributed by atoms with Gasteiger partial charge in [-0.3, -0.25) is 14.4 Å². The van der Waals surface area contributed by atoms with Crippen molar-refractivity contribution >= 4 is 16.9 Å². The van der Waals surface area contributed by atoms with Crippen molar-refractivity contribution in [3.05, 3.63) is 116 Å². The van der Waals surface area contributed by atoms with Gasteiger partial charge < -0.3 is 14.9 Å². The highest BCUT2D eigenvalue weighted by atomic mass is 16.2. The van der Waals surface area contributed by atoms with Crippen molar-refractivity contribution < 1.29 is 4.79 Å². The van der Waals surface area contributed by atoms with Crippen LogP contribution in [-0.2, 0) is 12.0 Å². The molecule has 0 aliphatic carbocycles. The lowest BCUT2D eigenvalue weighted by Gasteiger charge is -2.31. The van der Waals surface area contributed by atoms with Gasteiger partial charge in [0.05, 0.1) is 11.0 Å². The minimum absolute atomic E-state index is 0.250. The van der Waals surface area contributed by atoms with Crippen LogP contribution in [0.2, 0.25) is 0 Å². The van der Waals surface area contributed by atoms with E-state index in [1.165, 1.54) is 4.57 Å². The maximum Gasteiger partial charge on any atom is 0.316 e. The summed E-state index contributed by atoms with van der Waals surface area (Å²) < 4.78 is 1.40. The summed E-state index contributed by atoms with van der Waals surface area (Å²) in [7, 11) is 0. The third-order valence-electron chi connectivity index (χ3n) is 5.98. The maximum atomic E-state index is 13.0. The van der Waals surface area contributed by atoms with Gasteiger partial charge in [-0.1, -0.05) is 60.7 Å². The molecular weight excluding hydrogens is 402 g/mol. The Morgan fingerprint density at radius 3 is 2.09 bits per heavy atom. The zero-order valence-electron chi connectivity index (χ0n) is 18.1. The number of benzene rings is 3. The van der Waals surface area contributed by atoms with Crippen LogP contribution in [0, 0.1) is 0 Å². The van der Waals surface area contributed by atoms with Crippen molar-refractivity contribution in [2.45, 2.75) is 25.8 Å². The summed E-state index contributed by atoms with van der Waals surface area (Å²) in [5.74, 6) is -0.250. The second-order valence-electron chi connectivity index (χ2n) is 7.98. The Balaban J connectivity index is 1.66. The average molecular weight is 428 g/mol. The summed E-state index contributed by atoms with van der Waals surface area (Å²) in [6.45, 7) is 4.67. The molecule has 0 aliphatic rings. The molecule has 6 nitrogen and oxygen atoms in total. The molecule has 0 radical (unpaired) electrons. The third-order valence-corrected chi connectivity index (χ3v) is 5.98. The first kappa shape index (κ1) is 21.3. The van der Waals surface area contributed by atoms with Gasteiger partial charge in [0.25, 0.3) is 5.91 Å². The fourth-order valence-corrected chi connectivity index (χ4v) is 4.08. The SMILES string of the molecule is CCn1c(=O)c(=O)[nH]c2cc(C(=O)NCC(C)(c3ccccc3)c3ccccc3)ccc21. The predicted molar refractivity (Wildman–Crippen MR) is 126 cm³/mol. The van der Waals surface area contributed by atoms with E-state index in [-0.39, 0.29) is 5.91 Å². The number of rotatable bonds is 6. The number of aromatic nitrogens is 2. The topological polar surface area (TPSA) is 84.0 Å². The number of aromatic amines is 1. The van der Waals surface area contributed by atoms with Crippen molar-refractivity contribution in [1.82, 2.24) is 14.9 Å². The lowest BCUT2D eigenvalue weighted by atomic mass is 9.76. The van der Waals surface area contributed by atoms with E-state index in [2.05, 4.69) is 41.5 Å². The lowest BCUT2D eigenvalue weighted by Crippen LogP contribution is -2.39. The smallest absolute Gasteiger partial charge is 0.316 e. The molecule has 162 valence electrons. The van der Waals surface area contributed by atoms with Gasteiger partial charge in [0.1, 0.15) is 0 Å². The van der Waals surface area contributed by atoms with Crippen LogP contribution in [0.4, 0.5) is 0 Å². The van der Waals surface area contributed by atoms with Gasteiger partial charge in [0.2, 0.25) is 0 Å². The third kappa shape index (κ3) is 3.87. The van der Waals surface area contributed by atoms with E-state index < -0.39 is 16.5 Å². The van der Waals surface area contributed by atoms with E-state index in [1.807, 2.05) is 36.4 Å². The molecule has 4 aromatic rings. The van der Waals surface area contributed by atoms with Crippen LogP contribution in [0.25, 0.3) is 11.0 Å². The first-order valence-electron chi connectivity index (χ1n) is 10.6. The number of fused-ring (bicyclic) bond motifs is 1. The molecule has 0 unspecified atom stereocenters. The summed E-state index contributed by atoms with van der Waals surface area (Å²) in [4.78, 5) is 39.6. The van der Waals surface area contributed by atoms with Crippen LogP contribution < -0.4 is 16.4 Å². The number of hydrogen-bond donors (Lipinski definition) is 2. The second-order valence-corrected chi connectivity index (χ2v) is 7.98.